The van der Waals surface area contributed by atoms with Gasteiger partial charge in [0.15, 0.2) is 0 Å². The Labute approximate surface area is 89.8 Å². The first kappa shape index (κ1) is 11.8. The number of hydrogen-bond donors (Lipinski definition) is 2. The van der Waals surface area contributed by atoms with E-state index in [0.29, 0.717) is 5.56 Å². The van der Waals surface area contributed by atoms with Crippen LogP contribution in [0.4, 0.5) is 0 Å². The first-order chi connectivity index (χ1) is 7.02. The van der Waals surface area contributed by atoms with E-state index in [1.165, 1.54) is 0 Å². The number of benzene rings is 1. The molecular formula is C9H11NO4S. The zero-order valence-electron chi connectivity index (χ0n) is 8.31. The second-order valence-corrected chi connectivity index (χ2v) is 3.65. The van der Waals surface area contributed by atoms with Crippen LogP contribution in [-0.4, -0.2) is 14.7 Å². The van der Waals surface area contributed by atoms with Gasteiger partial charge in [-0.1, -0.05) is 18.2 Å². The van der Waals surface area contributed by atoms with Gasteiger partial charge in [0.2, 0.25) is 0 Å². The Bertz CT molecular complexity index is 385. The summed E-state index contributed by atoms with van der Waals surface area (Å²) in [4.78, 5) is 17.5. The lowest BCUT2D eigenvalue weighted by atomic mass is 10.0. The molecule has 1 unspecified atom stereocenters. The van der Waals surface area contributed by atoms with E-state index in [9.17, 15) is 9.00 Å². The molecule has 0 radical (unpaired) electrons. The second-order valence-electron chi connectivity index (χ2n) is 2.99. The van der Waals surface area contributed by atoms with E-state index < -0.39 is 17.2 Å². The van der Waals surface area contributed by atoms with Crippen molar-refractivity contribution in [3.05, 3.63) is 34.9 Å². The highest BCUT2D eigenvalue weighted by Gasteiger charge is 2.13. The molecule has 0 saturated heterocycles. The number of nitrogens with one attached hydrogen (secondary N) is 1. The molecule has 0 heterocycles. The lowest BCUT2D eigenvalue weighted by molar-refractivity contribution is 0.0403. The lowest BCUT2D eigenvalue weighted by Gasteiger charge is -2.07. The Hall–Kier alpha value is -1.24. The Morgan fingerprint density at radius 2 is 1.93 bits per heavy atom. The standard InChI is InChI=1S/C9H11NO4S/c1-6-4-3-5-7(2)8(6)9(11)14-10-15(12)13/h3-5,10H,1-2H3,(H,12,13). The topological polar surface area (TPSA) is 75.6 Å². The molecule has 1 aromatic carbocycles. The van der Waals surface area contributed by atoms with Crippen LogP contribution >= 0.6 is 0 Å². The maximum Gasteiger partial charge on any atom is 0.358 e. The normalized spacial score (nSPS) is 12.2. The van der Waals surface area contributed by atoms with Gasteiger partial charge in [0.25, 0.3) is 11.3 Å². The van der Waals surface area contributed by atoms with Gasteiger partial charge in [0, 0.05) is 0 Å². The number of carbonyl (C=O) groups is 1. The van der Waals surface area contributed by atoms with Crippen molar-refractivity contribution in [3.63, 3.8) is 0 Å². The van der Waals surface area contributed by atoms with Gasteiger partial charge in [0.1, 0.15) is 0 Å². The largest absolute Gasteiger partial charge is 0.358 e. The average molecular weight is 229 g/mol. The monoisotopic (exact) mass is 229 g/mol. The molecule has 1 atom stereocenters. The minimum Gasteiger partial charge on any atom is -0.351 e. The first-order valence-corrected chi connectivity index (χ1v) is 5.27. The molecule has 0 aliphatic carbocycles. The SMILES string of the molecule is Cc1cccc(C)c1C(=O)ONS(=O)O. The summed E-state index contributed by atoms with van der Waals surface area (Å²) in [5, 5.41) is 0. The Balaban J connectivity index is 2.86. The molecule has 0 spiro atoms. The molecule has 0 fully saturated rings. The molecule has 0 saturated carbocycles. The fraction of sp³-hybridized carbons (Fsp3) is 0.222. The van der Waals surface area contributed by atoms with Gasteiger partial charge >= 0.3 is 5.97 Å². The van der Waals surface area contributed by atoms with Gasteiger partial charge in [-0.25, -0.2) is 9.00 Å². The quantitative estimate of drug-likeness (QED) is 0.601. The summed E-state index contributed by atoms with van der Waals surface area (Å²) in [6.45, 7) is 3.53. The van der Waals surface area contributed by atoms with Gasteiger partial charge in [0.05, 0.1) is 5.56 Å². The fourth-order valence-electron chi connectivity index (χ4n) is 1.26. The van der Waals surface area contributed by atoms with Crippen molar-refractivity contribution in [1.29, 1.82) is 0 Å². The molecule has 6 heteroatoms. The molecule has 15 heavy (non-hydrogen) atoms. The van der Waals surface area contributed by atoms with Gasteiger partial charge in [-0.05, 0) is 29.9 Å². The summed E-state index contributed by atoms with van der Waals surface area (Å²) in [6, 6.07) is 5.35. The molecule has 1 rings (SSSR count). The smallest absolute Gasteiger partial charge is 0.351 e. The highest BCUT2D eigenvalue weighted by molar-refractivity contribution is 7.76. The molecule has 0 amide bonds. The van der Waals surface area contributed by atoms with Crippen molar-refractivity contribution in [2.45, 2.75) is 13.8 Å². The minimum atomic E-state index is -2.37. The zero-order chi connectivity index (χ0) is 11.4. The van der Waals surface area contributed by atoms with E-state index in [2.05, 4.69) is 4.84 Å². The van der Waals surface area contributed by atoms with Crippen LogP contribution in [0.2, 0.25) is 0 Å². The van der Waals surface area contributed by atoms with Gasteiger partial charge in [-0.3, -0.25) is 4.55 Å². The predicted molar refractivity (Wildman–Crippen MR) is 55.2 cm³/mol. The summed E-state index contributed by atoms with van der Waals surface area (Å²) < 4.78 is 18.6. The van der Waals surface area contributed by atoms with Crippen molar-refractivity contribution in [2.24, 2.45) is 0 Å². The minimum absolute atomic E-state index is 0.399. The number of carbonyl (C=O) groups excluding carboxylic acids is 1. The van der Waals surface area contributed by atoms with E-state index in [-0.39, 0.29) is 0 Å². The van der Waals surface area contributed by atoms with E-state index in [0.717, 1.165) is 11.1 Å². The Kier molecular flexibility index (Phi) is 3.96. The summed E-state index contributed by atoms with van der Waals surface area (Å²) >= 11 is -2.37. The van der Waals surface area contributed by atoms with Crippen LogP contribution < -0.4 is 4.89 Å². The third-order valence-corrected chi connectivity index (χ3v) is 2.12. The van der Waals surface area contributed by atoms with Crippen molar-refractivity contribution >= 4 is 17.2 Å². The molecule has 0 bridgehead atoms. The van der Waals surface area contributed by atoms with Crippen LogP contribution in [0.5, 0.6) is 0 Å². The molecule has 5 nitrogen and oxygen atoms in total. The summed E-state index contributed by atoms with van der Waals surface area (Å²) in [6.07, 6.45) is 0. The van der Waals surface area contributed by atoms with Crippen molar-refractivity contribution in [2.75, 3.05) is 0 Å². The number of hydrogen-bond acceptors (Lipinski definition) is 3. The van der Waals surface area contributed by atoms with Crippen LogP contribution in [0, 0.1) is 13.8 Å². The van der Waals surface area contributed by atoms with Gasteiger partial charge in [-0.15, -0.1) is 0 Å². The first-order valence-electron chi connectivity index (χ1n) is 4.16. The van der Waals surface area contributed by atoms with Crippen LogP contribution in [0.3, 0.4) is 0 Å². The van der Waals surface area contributed by atoms with Gasteiger partial charge < -0.3 is 4.84 Å². The number of rotatable bonds is 3. The highest BCUT2D eigenvalue weighted by atomic mass is 32.2. The molecule has 0 aliphatic heterocycles. The van der Waals surface area contributed by atoms with Crippen LogP contribution in [-0.2, 0) is 16.1 Å². The van der Waals surface area contributed by atoms with Crippen LogP contribution in [0.1, 0.15) is 21.5 Å². The molecule has 0 aromatic heterocycles. The van der Waals surface area contributed by atoms with Crippen LogP contribution in [0.15, 0.2) is 18.2 Å². The van der Waals surface area contributed by atoms with Crippen molar-refractivity contribution < 1.29 is 18.4 Å². The van der Waals surface area contributed by atoms with Crippen molar-refractivity contribution in [3.8, 4) is 0 Å². The molecule has 0 aliphatic rings. The summed E-state index contributed by atoms with van der Waals surface area (Å²) in [5.41, 5.74) is 1.91. The van der Waals surface area contributed by atoms with Gasteiger partial charge in [-0.2, -0.15) is 0 Å². The second kappa shape index (κ2) is 5.01. The maximum absolute atomic E-state index is 11.5. The third kappa shape index (κ3) is 3.12. The molecule has 82 valence electrons. The van der Waals surface area contributed by atoms with E-state index in [1.54, 1.807) is 30.9 Å². The fourth-order valence-corrected chi connectivity index (χ4v) is 1.41. The Morgan fingerprint density at radius 1 is 1.40 bits per heavy atom. The maximum atomic E-state index is 11.5. The highest BCUT2D eigenvalue weighted by Crippen LogP contribution is 2.13. The molecule has 1 aromatic rings. The van der Waals surface area contributed by atoms with E-state index >= 15 is 0 Å². The van der Waals surface area contributed by atoms with E-state index in [1.807, 2.05) is 6.07 Å². The summed E-state index contributed by atoms with van der Waals surface area (Å²) in [5.74, 6) is -0.673. The van der Waals surface area contributed by atoms with Crippen LogP contribution in [0.25, 0.3) is 0 Å². The average Bonchev–Trinajstić information content (AvgIpc) is 2.14. The van der Waals surface area contributed by atoms with Crippen molar-refractivity contribution in [1.82, 2.24) is 4.89 Å². The molecule has 2 N–H and O–H groups in total. The lowest BCUT2D eigenvalue weighted by Crippen LogP contribution is -2.22. The molecular weight excluding hydrogens is 218 g/mol. The summed E-state index contributed by atoms with van der Waals surface area (Å²) in [7, 11) is 0. The zero-order valence-corrected chi connectivity index (χ0v) is 9.13. The number of aryl methyl sites for hydroxylation is 2. The third-order valence-electron chi connectivity index (χ3n) is 1.89. The van der Waals surface area contributed by atoms with E-state index in [4.69, 9.17) is 4.55 Å². The predicted octanol–water partition coefficient (Wildman–Crippen LogP) is 1.10. The Morgan fingerprint density at radius 3 is 2.40 bits per heavy atom.